The third kappa shape index (κ3) is 58.3. The second kappa shape index (κ2) is 54.0. The molecule has 422 valence electrons. The molecule has 2 atom stereocenters. The summed E-state index contributed by atoms with van der Waals surface area (Å²) >= 11 is 0. The Hall–Kier alpha value is -2.81. The summed E-state index contributed by atoms with van der Waals surface area (Å²) < 4.78 is 34.0. The van der Waals surface area contributed by atoms with E-state index in [1.807, 2.05) is 21.1 Å². The van der Waals surface area contributed by atoms with Crippen LogP contribution in [-0.4, -0.2) is 70.0 Å². The first-order valence-electron chi connectivity index (χ1n) is 29.8. The summed E-state index contributed by atoms with van der Waals surface area (Å²) in [6.07, 6.45) is 72.3. The number of carbonyl (C=O) groups excluding carboxylic acids is 2. The number of esters is 2. The van der Waals surface area contributed by atoms with Crippen LogP contribution in [0.25, 0.3) is 0 Å². The molecule has 0 saturated carbocycles. The maximum absolute atomic E-state index is 12.8. The standard InChI is InChI=1S/C63H112NO8P/c1-6-8-10-12-14-16-18-19-20-21-22-23-24-25-26-27-28-29-30-31-32-33-34-35-36-37-38-39-40-41-42-43-44-45-46-48-50-52-54-56-63(66)72-61(60-71-73(67,68)70-58-57-64(3,4)5)59-69-62(65)55-53-51-49-47-17-15-13-11-9-7-2/h8,10,14,16,19-20,22-23,25-26,28-29,31-32,61H,6-7,9,11-13,15,17-18,21,24,27,30,33-60H2,1-5H3/b10-8-,16-14-,20-19-,23-22-,26-25-,29-28-,32-31-. The lowest BCUT2D eigenvalue weighted by atomic mass is 10.0. The van der Waals surface area contributed by atoms with Gasteiger partial charge in [0.25, 0.3) is 7.82 Å². The van der Waals surface area contributed by atoms with Crippen LogP contribution in [0.5, 0.6) is 0 Å². The second-order valence-corrected chi connectivity index (χ2v) is 22.4. The Kier molecular flexibility index (Phi) is 51.9. The summed E-state index contributed by atoms with van der Waals surface area (Å²) in [7, 11) is 1.17. The predicted molar refractivity (Wildman–Crippen MR) is 309 cm³/mol. The third-order valence-corrected chi connectivity index (χ3v) is 13.6. The van der Waals surface area contributed by atoms with Crippen molar-refractivity contribution in [2.45, 2.75) is 258 Å². The van der Waals surface area contributed by atoms with E-state index >= 15 is 0 Å². The first kappa shape index (κ1) is 70.2. The van der Waals surface area contributed by atoms with Crippen molar-refractivity contribution in [1.29, 1.82) is 0 Å². The molecule has 0 aliphatic carbocycles. The fourth-order valence-electron chi connectivity index (χ4n) is 8.11. The van der Waals surface area contributed by atoms with Crippen LogP contribution in [0.15, 0.2) is 85.1 Å². The summed E-state index contributed by atoms with van der Waals surface area (Å²) in [5.41, 5.74) is 0. The van der Waals surface area contributed by atoms with Gasteiger partial charge in [-0.25, -0.2) is 0 Å². The average molecular weight is 1040 g/mol. The largest absolute Gasteiger partial charge is 0.756 e. The van der Waals surface area contributed by atoms with Crippen molar-refractivity contribution in [3.63, 3.8) is 0 Å². The molecule has 10 heteroatoms. The minimum atomic E-state index is -4.63. The van der Waals surface area contributed by atoms with Gasteiger partial charge in [-0.2, -0.15) is 0 Å². The third-order valence-electron chi connectivity index (χ3n) is 12.7. The van der Waals surface area contributed by atoms with E-state index in [4.69, 9.17) is 18.5 Å². The van der Waals surface area contributed by atoms with E-state index in [0.717, 1.165) is 83.5 Å². The number of hydrogen-bond acceptors (Lipinski definition) is 8. The van der Waals surface area contributed by atoms with Gasteiger partial charge in [0.05, 0.1) is 27.7 Å². The molecule has 0 aromatic heterocycles. The molecule has 2 unspecified atom stereocenters. The minimum Gasteiger partial charge on any atom is -0.756 e. The van der Waals surface area contributed by atoms with Gasteiger partial charge < -0.3 is 27.9 Å². The molecular formula is C63H112NO8P. The van der Waals surface area contributed by atoms with E-state index in [1.165, 1.54) is 135 Å². The van der Waals surface area contributed by atoms with E-state index in [9.17, 15) is 19.0 Å². The first-order valence-corrected chi connectivity index (χ1v) is 31.3. The monoisotopic (exact) mass is 1040 g/mol. The molecule has 9 nitrogen and oxygen atoms in total. The van der Waals surface area contributed by atoms with Crippen molar-refractivity contribution >= 4 is 19.8 Å². The summed E-state index contributed by atoms with van der Waals surface area (Å²) in [4.78, 5) is 37.7. The molecule has 0 aliphatic heterocycles. The van der Waals surface area contributed by atoms with E-state index in [0.29, 0.717) is 17.4 Å². The highest BCUT2D eigenvalue weighted by atomic mass is 31.2. The second-order valence-electron chi connectivity index (χ2n) is 21.0. The van der Waals surface area contributed by atoms with E-state index < -0.39 is 26.5 Å². The smallest absolute Gasteiger partial charge is 0.306 e. The van der Waals surface area contributed by atoms with Gasteiger partial charge in [0.15, 0.2) is 6.10 Å². The van der Waals surface area contributed by atoms with Crippen molar-refractivity contribution in [3.8, 4) is 0 Å². The molecule has 0 bridgehead atoms. The predicted octanol–water partition coefficient (Wildman–Crippen LogP) is 18.0. The first-order chi connectivity index (χ1) is 35.5. The molecule has 0 aliphatic rings. The average Bonchev–Trinajstić information content (AvgIpc) is 3.35. The van der Waals surface area contributed by atoms with Gasteiger partial charge in [-0.05, 0) is 70.6 Å². The van der Waals surface area contributed by atoms with E-state index in [2.05, 4.69) is 98.9 Å². The molecule has 0 heterocycles. The van der Waals surface area contributed by atoms with Gasteiger partial charge in [-0.1, -0.05) is 253 Å². The normalized spacial score (nSPS) is 13.9. The van der Waals surface area contributed by atoms with Gasteiger partial charge >= 0.3 is 11.9 Å². The van der Waals surface area contributed by atoms with Crippen LogP contribution in [0.4, 0.5) is 0 Å². The molecule has 0 fully saturated rings. The van der Waals surface area contributed by atoms with Crippen molar-refractivity contribution in [3.05, 3.63) is 85.1 Å². The number of ether oxygens (including phenoxy) is 2. The Balaban J connectivity index is 3.93. The number of phosphoric acid groups is 1. The number of carbonyl (C=O) groups is 2. The SMILES string of the molecule is CC/C=C\C/C=C\C/C=C\C/C=C\C/C=C\C/C=C\C/C=C\CCCCCCCCCCCCCCCCCCCC(=O)OC(COC(=O)CCCCCCCCCCCC)COP(=O)([O-])OCC[N+](C)(C)C. The highest BCUT2D eigenvalue weighted by Crippen LogP contribution is 2.38. The highest BCUT2D eigenvalue weighted by Gasteiger charge is 2.22. The maximum atomic E-state index is 12.8. The zero-order valence-electron chi connectivity index (χ0n) is 47.8. The number of hydrogen-bond donors (Lipinski definition) is 0. The van der Waals surface area contributed by atoms with Crippen LogP contribution in [-0.2, 0) is 32.7 Å². The number of allylic oxidation sites excluding steroid dienone is 14. The number of nitrogens with zero attached hydrogens (tertiary/aromatic N) is 1. The van der Waals surface area contributed by atoms with Crippen LogP contribution < -0.4 is 4.89 Å². The summed E-state index contributed by atoms with van der Waals surface area (Å²) in [6, 6.07) is 0. The number of quaternary nitrogens is 1. The topological polar surface area (TPSA) is 111 Å². The maximum Gasteiger partial charge on any atom is 0.306 e. The molecule has 0 amide bonds. The molecule has 0 N–H and O–H groups in total. The Morgan fingerprint density at radius 1 is 0.438 bits per heavy atom. The fraction of sp³-hybridized carbons (Fsp3) is 0.746. The minimum absolute atomic E-state index is 0.0308. The fourth-order valence-corrected chi connectivity index (χ4v) is 8.84. The Labute approximate surface area is 450 Å². The molecule has 0 aromatic carbocycles. The number of likely N-dealkylation sites (N-methyl/N-ethyl adjacent to an activating group) is 1. The lowest BCUT2D eigenvalue weighted by Crippen LogP contribution is -2.37. The van der Waals surface area contributed by atoms with Gasteiger partial charge in [0.2, 0.25) is 0 Å². The highest BCUT2D eigenvalue weighted by molar-refractivity contribution is 7.45. The van der Waals surface area contributed by atoms with Crippen molar-refractivity contribution in [2.24, 2.45) is 0 Å². The number of rotatable bonds is 54. The molecule has 0 aromatic rings. The molecular weight excluding hydrogens is 930 g/mol. The van der Waals surface area contributed by atoms with Crippen LogP contribution in [0, 0.1) is 0 Å². The Morgan fingerprint density at radius 2 is 0.781 bits per heavy atom. The van der Waals surface area contributed by atoms with Gasteiger partial charge in [-0.15, -0.1) is 0 Å². The number of unbranched alkanes of at least 4 members (excludes halogenated alkanes) is 26. The van der Waals surface area contributed by atoms with Crippen molar-refractivity contribution < 1.29 is 42.1 Å². The van der Waals surface area contributed by atoms with Crippen LogP contribution in [0.2, 0.25) is 0 Å². The van der Waals surface area contributed by atoms with Crippen LogP contribution in [0.3, 0.4) is 0 Å². The Morgan fingerprint density at radius 3 is 1.16 bits per heavy atom. The summed E-state index contributed by atoms with van der Waals surface area (Å²) in [5.74, 6) is -0.830. The quantitative estimate of drug-likeness (QED) is 0.0195. The van der Waals surface area contributed by atoms with E-state index in [1.54, 1.807) is 0 Å². The molecule has 73 heavy (non-hydrogen) atoms. The zero-order chi connectivity index (χ0) is 53.5. The van der Waals surface area contributed by atoms with Crippen molar-refractivity contribution in [2.75, 3.05) is 47.5 Å². The van der Waals surface area contributed by atoms with Crippen LogP contribution >= 0.6 is 7.82 Å². The van der Waals surface area contributed by atoms with Crippen molar-refractivity contribution in [1.82, 2.24) is 0 Å². The molecule has 0 saturated heterocycles. The number of phosphoric ester groups is 1. The molecule has 0 rings (SSSR count). The Bertz CT molecular complexity index is 1510. The summed E-state index contributed by atoms with van der Waals surface area (Å²) in [6.45, 7) is 4.11. The van der Waals surface area contributed by atoms with Crippen LogP contribution in [0.1, 0.15) is 251 Å². The molecule has 0 radical (unpaired) electrons. The lowest BCUT2D eigenvalue weighted by molar-refractivity contribution is -0.870. The summed E-state index contributed by atoms with van der Waals surface area (Å²) in [5, 5.41) is 0. The zero-order valence-corrected chi connectivity index (χ0v) is 48.7. The van der Waals surface area contributed by atoms with Gasteiger partial charge in [-0.3, -0.25) is 14.2 Å². The van der Waals surface area contributed by atoms with Gasteiger partial charge in [0.1, 0.15) is 19.8 Å². The van der Waals surface area contributed by atoms with Gasteiger partial charge in [0, 0.05) is 12.8 Å². The van der Waals surface area contributed by atoms with E-state index in [-0.39, 0.29) is 32.0 Å². The molecule has 0 spiro atoms. The lowest BCUT2D eigenvalue weighted by Gasteiger charge is -2.28.